The van der Waals surface area contributed by atoms with Gasteiger partial charge < -0.3 is 14.8 Å². The number of carbonyl (C=O) groups excluding carboxylic acids is 3. The molecule has 0 aliphatic carbocycles. The molecule has 0 spiro atoms. The molecule has 0 bridgehead atoms. The number of rotatable bonds is 5. The van der Waals surface area contributed by atoms with Crippen molar-refractivity contribution in [3.05, 3.63) is 48.0 Å². The quantitative estimate of drug-likeness (QED) is 0.651. The van der Waals surface area contributed by atoms with Crippen LogP contribution in [0.25, 0.3) is 0 Å². The molecule has 0 fully saturated rings. The summed E-state index contributed by atoms with van der Waals surface area (Å²) in [7, 11) is 2.65. The molecule has 1 N–H and O–H groups in total. The molecule has 0 aliphatic heterocycles. The molecular formula is C19H29NO5. The van der Waals surface area contributed by atoms with Crippen molar-refractivity contribution >= 4 is 17.8 Å². The number of benzene rings is 1. The lowest BCUT2D eigenvalue weighted by atomic mass is 10.1. The maximum absolute atomic E-state index is 11.9. The molecule has 25 heavy (non-hydrogen) atoms. The van der Waals surface area contributed by atoms with Crippen LogP contribution >= 0.6 is 0 Å². The SMILES string of the molecule is C/C=C/CC(NC(=O)c1ccccc1)C(=O)OC.CC.COC(C)=O. The molecule has 1 aromatic rings. The van der Waals surface area contributed by atoms with E-state index >= 15 is 0 Å². The lowest BCUT2D eigenvalue weighted by Crippen LogP contribution is -2.41. The second kappa shape index (κ2) is 16.2. The molecule has 140 valence electrons. The summed E-state index contributed by atoms with van der Waals surface area (Å²) >= 11 is 0. The third-order valence-electron chi connectivity index (χ3n) is 2.72. The topological polar surface area (TPSA) is 81.7 Å². The Morgan fingerprint density at radius 3 is 2.00 bits per heavy atom. The molecular weight excluding hydrogens is 322 g/mol. The van der Waals surface area contributed by atoms with Gasteiger partial charge in [-0.25, -0.2) is 4.79 Å². The average Bonchev–Trinajstić information content (AvgIpc) is 2.66. The van der Waals surface area contributed by atoms with Crippen molar-refractivity contribution < 1.29 is 23.9 Å². The Morgan fingerprint density at radius 2 is 1.60 bits per heavy atom. The van der Waals surface area contributed by atoms with Crippen LogP contribution in [0.2, 0.25) is 0 Å². The van der Waals surface area contributed by atoms with Crippen LogP contribution in [-0.2, 0) is 19.1 Å². The van der Waals surface area contributed by atoms with Crippen LogP contribution in [0.1, 0.15) is 44.5 Å². The highest BCUT2D eigenvalue weighted by molar-refractivity contribution is 5.96. The number of methoxy groups -OCH3 is 2. The van der Waals surface area contributed by atoms with Gasteiger partial charge >= 0.3 is 11.9 Å². The predicted octanol–water partition coefficient (Wildman–Crippen LogP) is 3.13. The molecule has 0 radical (unpaired) electrons. The van der Waals surface area contributed by atoms with Crippen LogP contribution in [0.4, 0.5) is 0 Å². The molecule has 1 rings (SSSR count). The van der Waals surface area contributed by atoms with Crippen molar-refractivity contribution in [3.63, 3.8) is 0 Å². The first-order chi connectivity index (χ1) is 12.0. The number of carbonyl (C=O) groups is 3. The molecule has 0 saturated heterocycles. The highest BCUT2D eigenvalue weighted by Gasteiger charge is 2.20. The van der Waals surface area contributed by atoms with Crippen molar-refractivity contribution in [2.75, 3.05) is 14.2 Å². The predicted molar refractivity (Wildman–Crippen MR) is 98.2 cm³/mol. The van der Waals surface area contributed by atoms with Crippen LogP contribution in [0, 0.1) is 0 Å². The van der Waals surface area contributed by atoms with Gasteiger partial charge in [0.15, 0.2) is 0 Å². The number of allylic oxidation sites excluding steroid dienone is 1. The standard InChI is InChI=1S/C14H17NO3.C3H6O2.C2H6/c1-3-4-10-12(14(17)18-2)15-13(16)11-8-6-5-7-9-11;1-3(4)5-2;1-2/h3-9,12H,10H2,1-2H3,(H,15,16);1-2H3;1-2H3/b4-3+;;. The van der Waals surface area contributed by atoms with Gasteiger partial charge in [0, 0.05) is 12.5 Å². The number of nitrogens with one attached hydrogen (secondary N) is 1. The van der Waals surface area contributed by atoms with Gasteiger partial charge in [0.25, 0.3) is 5.91 Å². The molecule has 0 aromatic heterocycles. The Bertz CT molecular complexity index is 526. The maximum atomic E-state index is 11.9. The zero-order valence-corrected chi connectivity index (χ0v) is 15.9. The Balaban J connectivity index is 0. The minimum Gasteiger partial charge on any atom is -0.469 e. The van der Waals surface area contributed by atoms with Gasteiger partial charge in [-0.2, -0.15) is 0 Å². The van der Waals surface area contributed by atoms with Gasteiger partial charge in [-0.3, -0.25) is 9.59 Å². The fourth-order valence-corrected chi connectivity index (χ4v) is 1.46. The van der Waals surface area contributed by atoms with E-state index in [1.165, 1.54) is 21.1 Å². The van der Waals surface area contributed by atoms with Gasteiger partial charge in [-0.15, -0.1) is 0 Å². The molecule has 0 aliphatic rings. The van der Waals surface area contributed by atoms with Gasteiger partial charge in [0.05, 0.1) is 14.2 Å². The highest BCUT2D eigenvalue weighted by atomic mass is 16.5. The maximum Gasteiger partial charge on any atom is 0.328 e. The fraction of sp³-hybridized carbons (Fsp3) is 0.421. The fourth-order valence-electron chi connectivity index (χ4n) is 1.46. The summed E-state index contributed by atoms with van der Waals surface area (Å²) in [6.45, 7) is 7.22. The third-order valence-corrected chi connectivity index (χ3v) is 2.72. The molecule has 0 heterocycles. The largest absolute Gasteiger partial charge is 0.469 e. The van der Waals surface area contributed by atoms with Crippen LogP contribution in [0.5, 0.6) is 0 Å². The zero-order valence-electron chi connectivity index (χ0n) is 15.9. The molecule has 1 atom stereocenters. The summed E-state index contributed by atoms with van der Waals surface area (Å²) in [5.41, 5.74) is 0.520. The Hall–Kier alpha value is -2.63. The summed E-state index contributed by atoms with van der Waals surface area (Å²) in [6.07, 6.45) is 4.05. The zero-order chi connectivity index (χ0) is 19.7. The van der Waals surface area contributed by atoms with E-state index in [0.29, 0.717) is 12.0 Å². The minimum atomic E-state index is -0.654. The number of esters is 2. The Labute approximate surface area is 150 Å². The normalized spacial score (nSPS) is 10.3. The van der Waals surface area contributed by atoms with Crippen molar-refractivity contribution in [1.29, 1.82) is 0 Å². The summed E-state index contributed by atoms with van der Waals surface area (Å²) in [5, 5.41) is 2.65. The van der Waals surface area contributed by atoms with E-state index in [4.69, 9.17) is 0 Å². The van der Waals surface area contributed by atoms with E-state index in [0.717, 1.165) is 0 Å². The first-order valence-electron chi connectivity index (χ1n) is 8.05. The summed E-state index contributed by atoms with van der Waals surface area (Å²) < 4.78 is 8.77. The van der Waals surface area contributed by atoms with Gasteiger partial charge in [0.2, 0.25) is 0 Å². The van der Waals surface area contributed by atoms with Crippen molar-refractivity contribution in [2.24, 2.45) is 0 Å². The lowest BCUT2D eigenvalue weighted by molar-refractivity contribution is -0.142. The summed E-state index contributed by atoms with van der Waals surface area (Å²) in [6, 6.07) is 8.11. The average molecular weight is 351 g/mol. The molecule has 0 saturated carbocycles. The second-order valence-electron chi connectivity index (χ2n) is 4.42. The smallest absolute Gasteiger partial charge is 0.328 e. The molecule has 1 aromatic carbocycles. The highest BCUT2D eigenvalue weighted by Crippen LogP contribution is 2.02. The van der Waals surface area contributed by atoms with E-state index in [1.54, 1.807) is 24.3 Å². The van der Waals surface area contributed by atoms with E-state index < -0.39 is 12.0 Å². The van der Waals surface area contributed by atoms with E-state index in [2.05, 4.69) is 14.8 Å². The van der Waals surface area contributed by atoms with Crippen LogP contribution in [0.3, 0.4) is 0 Å². The van der Waals surface area contributed by atoms with Gasteiger partial charge in [-0.1, -0.05) is 44.2 Å². The monoisotopic (exact) mass is 351 g/mol. The van der Waals surface area contributed by atoms with Gasteiger partial charge in [0.1, 0.15) is 6.04 Å². The van der Waals surface area contributed by atoms with Crippen molar-refractivity contribution in [1.82, 2.24) is 5.32 Å². The van der Waals surface area contributed by atoms with E-state index in [9.17, 15) is 14.4 Å². The molecule has 1 amide bonds. The van der Waals surface area contributed by atoms with E-state index in [-0.39, 0.29) is 11.9 Å². The van der Waals surface area contributed by atoms with Crippen LogP contribution < -0.4 is 5.32 Å². The van der Waals surface area contributed by atoms with E-state index in [1.807, 2.05) is 39.0 Å². The van der Waals surface area contributed by atoms with Crippen molar-refractivity contribution in [2.45, 2.75) is 40.2 Å². The first-order valence-corrected chi connectivity index (χ1v) is 8.05. The Morgan fingerprint density at radius 1 is 1.08 bits per heavy atom. The molecule has 6 heteroatoms. The second-order valence-corrected chi connectivity index (χ2v) is 4.42. The number of ether oxygens (including phenoxy) is 2. The number of hydrogen-bond acceptors (Lipinski definition) is 5. The Kier molecular flexibility index (Phi) is 16.0. The summed E-state index contributed by atoms with van der Waals surface area (Å²) in [5.74, 6) is -0.974. The molecule has 6 nitrogen and oxygen atoms in total. The minimum absolute atomic E-state index is 0.245. The lowest BCUT2D eigenvalue weighted by Gasteiger charge is -2.14. The van der Waals surface area contributed by atoms with Gasteiger partial charge in [-0.05, 0) is 25.5 Å². The first kappa shape index (κ1) is 24.6. The number of hydrogen-bond donors (Lipinski definition) is 1. The number of amides is 1. The van der Waals surface area contributed by atoms with Crippen molar-refractivity contribution in [3.8, 4) is 0 Å². The summed E-state index contributed by atoms with van der Waals surface area (Å²) in [4.78, 5) is 33.0. The molecule has 1 unspecified atom stereocenters. The van der Waals surface area contributed by atoms with Crippen LogP contribution in [-0.4, -0.2) is 38.1 Å². The third kappa shape index (κ3) is 12.5. The van der Waals surface area contributed by atoms with Crippen LogP contribution in [0.15, 0.2) is 42.5 Å².